The number of hydrogen-bond acceptors (Lipinski definition) is 2. The van der Waals surface area contributed by atoms with E-state index in [4.69, 9.17) is 17.3 Å². The van der Waals surface area contributed by atoms with Crippen LogP contribution in [0.25, 0.3) is 0 Å². The molecule has 1 heterocycles. The molecular weight excluding hydrogens is 251 g/mol. The minimum absolute atomic E-state index is 0.137. The fourth-order valence-corrected chi connectivity index (χ4v) is 2.67. The standard InChI is InChI=1S/C14H20ClFN2/c1-14(2,3)9-4-5-18(8-9)13-6-10(15)11(16)7-12(13)17/h6-7,9H,4-5,8,17H2,1-3H3. The molecule has 0 radical (unpaired) electrons. The zero-order chi connectivity index (χ0) is 13.5. The van der Waals surface area contributed by atoms with Gasteiger partial charge in [0.05, 0.1) is 16.4 Å². The van der Waals surface area contributed by atoms with Crippen molar-refractivity contribution >= 4 is 23.0 Å². The van der Waals surface area contributed by atoms with Crippen molar-refractivity contribution in [2.75, 3.05) is 23.7 Å². The monoisotopic (exact) mass is 270 g/mol. The molecule has 0 aromatic heterocycles. The van der Waals surface area contributed by atoms with Crippen LogP contribution in [-0.2, 0) is 0 Å². The highest BCUT2D eigenvalue weighted by molar-refractivity contribution is 6.31. The molecule has 18 heavy (non-hydrogen) atoms. The normalized spacial score (nSPS) is 20.5. The summed E-state index contributed by atoms with van der Waals surface area (Å²) >= 11 is 5.83. The molecule has 0 bridgehead atoms. The predicted octanol–water partition coefficient (Wildman–Crippen LogP) is 3.93. The van der Waals surface area contributed by atoms with Crippen molar-refractivity contribution < 1.29 is 4.39 Å². The highest BCUT2D eigenvalue weighted by Crippen LogP contribution is 2.38. The Morgan fingerprint density at radius 1 is 1.39 bits per heavy atom. The highest BCUT2D eigenvalue weighted by Gasteiger charge is 2.32. The average Bonchev–Trinajstić information content (AvgIpc) is 2.72. The molecule has 1 atom stereocenters. The van der Waals surface area contributed by atoms with Crippen molar-refractivity contribution in [3.8, 4) is 0 Å². The van der Waals surface area contributed by atoms with Crippen LogP contribution in [0.5, 0.6) is 0 Å². The van der Waals surface area contributed by atoms with Gasteiger partial charge in [0.25, 0.3) is 0 Å². The summed E-state index contributed by atoms with van der Waals surface area (Å²) in [4.78, 5) is 2.20. The molecule has 1 unspecified atom stereocenters. The summed E-state index contributed by atoms with van der Waals surface area (Å²) in [5, 5.41) is 0.137. The van der Waals surface area contributed by atoms with Gasteiger partial charge in [-0.05, 0) is 23.8 Å². The molecule has 0 amide bonds. The number of benzene rings is 1. The molecule has 1 aliphatic heterocycles. The molecule has 2 N–H and O–H groups in total. The maximum atomic E-state index is 13.3. The summed E-state index contributed by atoms with van der Waals surface area (Å²) in [6, 6.07) is 2.94. The lowest BCUT2D eigenvalue weighted by Crippen LogP contribution is -2.26. The van der Waals surface area contributed by atoms with E-state index in [-0.39, 0.29) is 10.4 Å². The second kappa shape index (κ2) is 4.61. The van der Waals surface area contributed by atoms with Gasteiger partial charge in [-0.3, -0.25) is 0 Å². The van der Waals surface area contributed by atoms with Gasteiger partial charge in [-0.25, -0.2) is 4.39 Å². The lowest BCUT2D eigenvalue weighted by molar-refractivity contribution is 0.263. The Morgan fingerprint density at radius 3 is 2.61 bits per heavy atom. The lowest BCUT2D eigenvalue weighted by atomic mass is 9.80. The third-order valence-corrected chi connectivity index (χ3v) is 4.11. The van der Waals surface area contributed by atoms with Gasteiger partial charge in [0.2, 0.25) is 0 Å². The molecule has 1 fully saturated rings. The molecule has 1 saturated heterocycles. The zero-order valence-corrected chi connectivity index (χ0v) is 11.9. The number of nitrogens with zero attached hydrogens (tertiary/aromatic N) is 1. The first-order valence-corrected chi connectivity index (χ1v) is 6.66. The van der Waals surface area contributed by atoms with E-state index in [2.05, 4.69) is 25.7 Å². The Labute approximate surface area is 113 Å². The van der Waals surface area contributed by atoms with Crippen LogP contribution in [0.1, 0.15) is 27.2 Å². The van der Waals surface area contributed by atoms with Gasteiger partial charge in [0.15, 0.2) is 0 Å². The van der Waals surface area contributed by atoms with Crippen LogP contribution in [0.2, 0.25) is 5.02 Å². The van der Waals surface area contributed by atoms with E-state index in [1.54, 1.807) is 6.07 Å². The lowest BCUT2D eigenvalue weighted by Gasteiger charge is -2.28. The Kier molecular flexibility index (Phi) is 3.45. The molecule has 4 heteroatoms. The minimum atomic E-state index is -0.454. The predicted molar refractivity (Wildman–Crippen MR) is 75.6 cm³/mol. The van der Waals surface area contributed by atoms with Gasteiger partial charge in [-0.15, -0.1) is 0 Å². The fraction of sp³-hybridized carbons (Fsp3) is 0.571. The van der Waals surface area contributed by atoms with Crippen LogP contribution in [0.15, 0.2) is 12.1 Å². The van der Waals surface area contributed by atoms with Crippen LogP contribution in [0.3, 0.4) is 0 Å². The van der Waals surface area contributed by atoms with Crippen molar-refractivity contribution in [3.63, 3.8) is 0 Å². The van der Waals surface area contributed by atoms with E-state index in [0.717, 1.165) is 25.2 Å². The summed E-state index contributed by atoms with van der Waals surface area (Å²) in [6.07, 6.45) is 1.14. The van der Waals surface area contributed by atoms with Gasteiger partial charge >= 0.3 is 0 Å². The number of nitrogen functional groups attached to an aromatic ring is 1. The average molecular weight is 271 g/mol. The molecule has 0 spiro atoms. The summed E-state index contributed by atoms with van der Waals surface area (Å²) in [5.74, 6) is 0.171. The van der Waals surface area contributed by atoms with E-state index in [1.165, 1.54) is 6.07 Å². The third kappa shape index (κ3) is 2.56. The summed E-state index contributed by atoms with van der Waals surface area (Å²) in [7, 11) is 0. The molecule has 2 rings (SSSR count). The largest absolute Gasteiger partial charge is 0.397 e. The van der Waals surface area contributed by atoms with Crippen LogP contribution in [0.4, 0.5) is 15.8 Å². The van der Waals surface area contributed by atoms with Crippen LogP contribution >= 0.6 is 11.6 Å². The van der Waals surface area contributed by atoms with Gasteiger partial charge in [-0.2, -0.15) is 0 Å². The molecule has 100 valence electrons. The molecule has 0 aliphatic carbocycles. The Balaban J connectivity index is 2.22. The van der Waals surface area contributed by atoms with Crippen LogP contribution in [-0.4, -0.2) is 13.1 Å². The first-order chi connectivity index (χ1) is 8.29. The van der Waals surface area contributed by atoms with Gasteiger partial charge in [0.1, 0.15) is 5.82 Å². The zero-order valence-electron chi connectivity index (χ0n) is 11.1. The second-order valence-corrected chi connectivity index (χ2v) is 6.53. The van der Waals surface area contributed by atoms with E-state index in [9.17, 15) is 4.39 Å². The Bertz CT molecular complexity index is 454. The van der Waals surface area contributed by atoms with Crippen molar-refractivity contribution in [2.24, 2.45) is 11.3 Å². The maximum absolute atomic E-state index is 13.3. The van der Waals surface area contributed by atoms with Crippen LogP contribution < -0.4 is 10.6 Å². The maximum Gasteiger partial charge on any atom is 0.143 e. The Hall–Kier alpha value is -0.960. The van der Waals surface area contributed by atoms with Crippen molar-refractivity contribution in [1.82, 2.24) is 0 Å². The number of hydrogen-bond donors (Lipinski definition) is 1. The van der Waals surface area contributed by atoms with E-state index < -0.39 is 5.82 Å². The fourth-order valence-electron chi connectivity index (χ4n) is 2.51. The molecule has 1 aliphatic rings. The van der Waals surface area contributed by atoms with Crippen molar-refractivity contribution in [2.45, 2.75) is 27.2 Å². The SMILES string of the molecule is CC(C)(C)C1CCN(c2cc(Cl)c(F)cc2N)C1. The van der Waals surface area contributed by atoms with Gasteiger partial charge < -0.3 is 10.6 Å². The first kappa shape index (κ1) is 13.5. The number of halogens is 2. The summed E-state index contributed by atoms with van der Waals surface area (Å²) in [6.45, 7) is 8.66. The van der Waals surface area contributed by atoms with Gasteiger partial charge in [-0.1, -0.05) is 32.4 Å². The van der Waals surface area contributed by atoms with Crippen molar-refractivity contribution in [1.29, 1.82) is 0 Å². The topological polar surface area (TPSA) is 29.3 Å². The highest BCUT2D eigenvalue weighted by atomic mass is 35.5. The summed E-state index contributed by atoms with van der Waals surface area (Å²) in [5.41, 5.74) is 7.49. The van der Waals surface area contributed by atoms with Crippen molar-refractivity contribution in [3.05, 3.63) is 23.0 Å². The molecule has 1 aromatic carbocycles. The van der Waals surface area contributed by atoms with Gasteiger partial charge in [0, 0.05) is 19.2 Å². The quantitative estimate of drug-likeness (QED) is 0.784. The van der Waals surface area contributed by atoms with E-state index >= 15 is 0 Å². The van der Waals surface area contributed by atoms with E-state index in [0.29, 0.717) is 11.6 Å². The summed E-state index contributed by atoms with van der Waals surface area (Å²) < 4.78 is 13.3. The molecular formula is C14H20ClFN2. The number of anilines is 2. The molecule has 0 saturated carbocycles. The molecule has 1 aromatic rings. The minimum Gasteiger partial charge on any atom is -0.397 e. The first-order valence-electron chi connectivity index (χ1n) is 6.28. The molecule has 2 nitrogen and oxygen atoms in total. The third-order valence-electron chi connectivity index (χ3n) is 3.82. The number of nitrogens with two attached hydrogens (primary N) is 1. The van der Waals surface area contributed by atoms with E-state index in [1.807, 2.05) is 0 Å². The smallest absolute Gasteiger partial charge is 0.143 e. The Morgan fingerprint density at radius 2 is 2.06 bits per heavy atom. The second-order valence-electron chi connectivity index (χ2n) is 6.12. The van der Waals surface area contributed by atoms with Crippen LogP contribution in [0, 0.1) is 17.2 Å². The number of rotatable bonds is 1.